The Bertz CT molecular complexity index is 1370. The molecule has 1 saturated heterocycles. The van der Waals surface area contributed by atoms with Gasteiger partial charge in [-0.15, -0.1) is 0 Å². The lowest BCUT2D eigenvalue weighted by Gasteiger charge is -2.33. The van der Waals surface area contributed by atoms with Crippen LogP contribution in [0.3, 0.4) is 0 Å². The number of carbonyl (C=O) groups excluding carboxylic acids is 1. The van der Waals surface area contributed by atoms with Crippen LogP contribution in [0.5, 0.6) is 11.5 Å². The Hall–Kier alpha value is -4.15. The van der Waals surface area contributed by atoms with E-state index in [1.165, 1.54) is 11.2 Å². The summed E-state index contributed by atoms with van der Waals surface area (Å²) < 4.78 is 45.8. The first-order valence-corrected chi connectivity index (χ1v) is 11.4. The van der Waals surface area contributed by atoms with Crippen molar-refractivity contribution in [3.05, 3.63) is 60.9 Å². The molecule has 1 aliphatic heterocycles. The van der Waals surface area contributed by atoms with Gasteiger partial charge in [-0.05, 0) is 49.2 Å². The summed E-state index contributed by atoms with van der Waals surface area (Å²) in [5.74, 6) is 0.655. The second-order valence-electron chi connectivity index (χ2n) is 8.62. The summed E-state index contributed by atoms with van der Waals surface area (Å²) in [4.78, 5) is 21.9. The van der Waals surface area contributed by atoms with Crippen LogP contribution in [0.25, 0.3) is 22.3 Å². The Kier molecular flexibility index (Phi) is 6.21. The SMILES string of the molecule is Nc1ncnc2c1c(-c1ccc(Oc3ccccc3)cc1)nn2[C@@H]1CCCN(C(=O)CC(F)(F)F)C1. The average Bonchev–Trinajstić information content (AvgIpc) is 3.25. The summed E-state index contributed by atoms with van der Waals surface area (Å²) in [7, 11) is 0. The zero-order chi connectivity index (χ0) is 25.3. The molecule has 1 atom stereocenters. The Morgan fingerprint density at radius 1 is 1.06 bits per heavy atom. The van der Waals surface area contributed by atoms with E-state index in [4.69, 9.17) is 15.6 Å². The lowest BCUT2D eigenvalue weighted by molar-refractivity contribution is -0.162. The normalized spacial score (nSPS) is 16.3. The van der Waals surface area contributed by atoms with Gasteiger partial charge in [-0.1, -0.05) is 18.2 Å². The number of halogens is 3. The number of anilines is 1. The van der Waals surface area contributed by atoms with E-state index in [2.05, 4.69) is 9.97 Å². The molecule has 3 heterocycles. The fourth-order valence-electron chi connectivity index (χ4n) is 4.42. The highest BCUT2D eigenvalue weighted by atomic mass is 19.4. The molecule has 0 bridgehead atoms. The molecule has 8 nitrogen and oxygen atoms in total. The van der Waals surface area contributed by atoms with Crippen LogP contribution < -0.4 is 10.5 Å². The van der Waals surface area contributed by atoms with E-state index < -0.39 is 18.5 Å². The highest BCUT2D eigenvalue weighted by Gasteiger charge is 2.36. The molecule has 2 aromatic carbocycles. The molecule has 0 spiro atoms. The van der Waals surface area contributed by atoms with Gasteiger partial charge < -0.3 is 15.4 Å². The van der Waals surface area contributed by atoms with Gasteiger partial charge in [0, 0.05) is 18.7 Å². The second kappa shape index (κ2) is 9.48. The van der Waals surface area contributed by atoms with Gasteiger partial charge in [0.25, 0.3) is 0 Å². The predicted molar refractivity (Wildman–Crippen MR) is 127 cm³/mol. The Balaban J connectivity index is 1.45. The molecule has 0 unspecified atom stereocenters. The lowest BCUT2D eigenvalue weighted by atomic mass is 10.1. The van der Waals surface area contributed by atoms with E-state index in [-0.39, 0.29) is 24.9 Å². The number of likely N-dealkylation sites (tertiary alicyclic amines) is 1. The van der Waals surface area contributed by atoms with Gasteiger partial charge in [0.05, 0.1) is 11.4 Å². The van der Waals surface area contributed by atoms with Crippen LogP contribution in [0.15, 0.2) is 60.9 Å². The summed E-state index contributed by atoms with van der Waals surface area (Å²) in [5.41, 5.74) is 7.97. The van der Waals surface area contributed by atoms with Crippen LogP contribution >= 0.6 is 0 Å². The number of para-hydroxylation sites is 1. The number of rotatable bonds is 5. The summed E-state index contributed by atoms with van der Waals surface area (Å²) >= 11 is 0. The van der Waals surface area contributed by atoms with Crippen LogP contribution in [-0.2, 0) is 4.79 Å². The molecule has 2 aromatic heterocycles. The highest BCUT2D eigenvalue weighted by Crippen LogP contribution is 2.35. The molecule has 1 amide bonds. The third-order valence-electron chi connectivity index (χ3n) is 6.07. The summed E-state index contributed by atoms with van der Waals surface area (Å²) in [5, 5.41) is 5.31. The van der Waals surface area contributed by atoms with Gasteiger partial charge >= 0.3 is 6.18 Å². The molecular formula is C25H23F3N6O2. The number of hydrogen-bond donors (Lipinski definition) is 1. The number of ether oxygens (including phenoxy) is 1. The first-order chi connectivity index (χ1) is 17.3. The van der Waals surface area contributed by atoms with Crippen LogP contribution in [0.4, 0.5) is 19.0 Å². The summed E-state index contributed by atoms with van der Waals surface area (Å²) in [6.45, 7) is 0.385. The number of carbonyl (C=O) groups is 1. The standard InChI is InChI=1S/C25H23F3N6O2/c26-25(27,28)13-20(35)33-12-4-5-17(14-33)34-24-21(23(29)30-15-31-24)22(32-34)16-8-10-19(11-9-16)36-18-6-2-1-3-7-18/h1-3,6-11,15,17H,4-5,12-14H2,(H2,29,30,31)/t17-/m1/s1. The number of benzene rings is 2. The molecule has 1 aliphatic rings. The minimum Gasteiger partial charge on any atom is -0.457 e. The molecule has 2 N–H and O–H groups in total. The van der Waals surface area contributed by atoms with E-state index >= 15 is 0 Å². The molecule has 1 fully saturated rings. The molecule has 36 heavy (non-hydrogen) atoms. The number of amides is 1. The number of alkyl halides is 3. The summed E-state index contributed by atoms with van der Waals surface area (Å²) in [6.07, 6.45) is -3.51. The molecule has 5 rings (SSSR count). The number of fused-ring (bicyclic) bond motifs is 1. The monoisotopic (exact) mass is 496 g/mol. The largest absolute Gasteiger partial charge is 0.457 e. The van der Waals surface area contributed by atoms with Gasteiger partial charge in [0.2, 0.25) is 5.91 Å². The van der Waals surface area contributed by atoms with Gasteiger partial charge in [0.15, 0.2) is 5.65 Å². The second-order valence-corrected chi connectivity index (χ2v) is 8.62. The molecule has 11 heteroatoms. The van der Waals surface area contributed by atoms with Crippen LogP contribution in [0, 0.1) is 0 Å². The predicted octanol–water partition coefficient (Wildman–Crippen LogP) is 4.98. The number of aromatic nitrogens is 4. The lowest BCUT2D eigenvalue weighted by Crippen LogP contribution is -2.42. The molecule has 4 aromatic rings. The average molecular weight is 496 g/mol. The van der Waals surface area contributed by atoms with E-state index in [0.29, 0.717) is 41.1 Å². The van der Waals surface area contributed by atoms with Gasteiger partial charge in [-0.2, -0.15) is 18.3 Å². The van der Waals surface area contributed by atoms with Crippen molar-refractivity contribution in [1.29, 1.82) is 0 Å². The van der Waals surface area contributed by atoms with Crippen molar-refractivity contribution in [1.82, 2.24) is 24.6 Å². The van der Waals surface area contributed by atoms with E-state index in [1.54, 1.807) is 4.68 Å². The highest BCUT2D eigenvalue weighted by molar-refractivity contribution is 5.98. The van der Waals surface area contributed by atoms with Gasteiger partial charge in [0.1, 0.15) is 35.8 Å². The van der Waals surface area contributed by atoms with Crippen molar-refractivity contribution in [2.24, 2.45) is 0 Å². The number of piperidine rings is 1. The van der Waals surface area contributed by atoms with Crippen molar-refractivity contribution < 1.29 is 22.7 Å². The number of hydrogen-bond acceptors (Lipinski definition) is 6. The third kappa shape index (κ3) is 4.95. The topological polar surface area (TPSA) is 99.2 Å². The van der Waals surface area contributed by atoms with Crippen molar-refractivity contribution in [3.63, 3.8) is 0 Å². The van der Waals surface area contributed by atoms with Crippen LogP contribution in [0.2, 0.25) is 0 Å². The smallest absolute Gasteiger partial charge is 0.397 e. The maximum Gasteiger partial charge on any atom is 0.397 e. The Morgan fingerprint density at radius 3 is 2.50 bits per heavy atom. The zero-order valence-corrected chi connectivity index (χ0v) is 19.2. The number of nitrogens with zero attached hydrogens (tertiary/aromatic N) is 5. The third-order valence-corrected chi connectivity index (χ3v) is 6.07. The van der Waals surface area contributed by atoms with Gasteiger partial charge in [-0.25, -0.2) is 14.6 Å². The molecule has 0 radical (unpaired) electrons. The molecular weight excluding hydrogens is 473 g/mol. The maximum atomic E-state index is 12.8. The molecule has 0 saturated carbocycles. The van der Waals surface area contributed by atoms with E-state index in [1.807, 2.05) is 54.6 Å². The minimum atomic E-state index is -4.55. The fourth-order valence-corrected chi connectivity index (χ4v) is 4.42. The van der Waals surface area contributed by atoms with Crippen molar-refractivity contribution in [3.8, 4) is 22.8 Å². The van der Waals surface area contributed by atoms with Crippen molar-refractivity contribution in [2.75, 3.05) is 18.8 Å². The Labute approximate surface area is 204 Å². The fraction of sp³-hybridized carbons (Fsp3) is 0.280. The zero-order valence-electron chi connectivity index (χ0n) is 19.2. The maximum absolute atomic E-state index is 12.8. The summed E-state index contributed by atoms with van der Waals surface area (Å²) in [6, 6.07) is 16.3. The van der Waals surface area contributed by atoms with Crippen molar-refractivity contribution in [2.45, 2.75) is 31.5 Å². The Morgan fingerprint density at radius 2 is 1.78 bits per heavy atom. The number of nitrogens with two attached hydrogens (primary N) is 1. The van der Waals surface area contributed by atoms with Crippen LogP contribution in [-0.4, -0.2) is 49.8 Å². The van der Waals surface area contributed by atoms with E-state index in [9.17, 15) is 18.0 Å². The first kappa shape index (κ1) is 23.6. The van der Waals surface area contributed by atoms with E-state index in [0.717, 1.165) is 5.56 Å². The van der Waals surface area contributed by atoms with Gasteiger partial charge in [-0.3, -0.25) is 4.79 Å². The molecule has 186 valence electrons. The minimum absolute atomic E-state index is 0.110. The first-order valence-electron chi connectivity index (χ1n) is 11.4. The van der Waals surface area contributed by atoms with Crippen molar-refractivity contribution >= 4 is 22.8 Å². The quantitative estimate of drug-likeness (QED) is 0.418. The van der Waals surface area contributed by atoms with Crippen LogP contribution in [0.1, 0.15) is 25.3 Å². The number of nitrogen functional groups attached to an aromatic ring is 1. The molecule has 0 aliphatic carbocycles.